The fourth-order valence-corrected chi connectivity index (χ4v) is 2.78. The van der Waals surface area contributed by atoms with Crippen LogP contribution in [0.3, 0.4) is 0 Å². The van der Waals surface area contributed by atoms with Crippen molar-refractivity contribution in [2.24, 2.45) is 0 Å². The van der Waals surface area contributed by atoms with Crippen molar-refractivity contribution in [2.75, 3.05) is 18.4 Å². The highest BCUT2D eigenvalue weighted by molar-refractivity contribution is 5.73. The Kier molecular flexibility index (Phi) is 4.27. The first-order chi connectivity index (χ1) is 10.7. The Balaban J connectivity index is 1.75. The van der Waals surface area contributed by atoms with Gasteiger partial charge in [-0.2, -0.15) is 0 Å². The molecule has 0 aliphatic carbocycles. The highest BCUT2D eigenvalue weighted by Gasteiger charge is 2.23. The minimum atomic E-state index is 0.148. The summed E-state index contributed by atoms with van der Waals surface area (Å²) in [6.07, 6.45) is 7.29. The molecule has 0 saturated carbocycles. The molecule has 1 saturated heterocycles. The molecule has 2 aromatic heterocycles. The zero-order chi connectivity index (χ0) is 15.4. The van der Waals surface area contributed by atoms with Gasteiger partial charge in [0.2, 0.25) is 11.9 Å². The van der Waals surface area contributed by atoms with Crippen molar-refractivity contribution in [1.82, 2.24) is 19.9 Å². The number of carbonyl (C=O) groups excluding carboxylic acids is 1. The topological polar surface area (TPSA) is 71.0 Å². The number of piperidine rings is 1. The molecule has 1 atom stereocenters. The van der Waals surface area contributed by atoms with E-state index in [-0.39, 0.29) is 5.91 Å². The maximum Gasteiger partial charge on any atom is 0.228 e. The fraction of sp³-hybridized carbons (Fsp3) is 0.375. The molecule has 0 bridgehead atoms. The SMILES string of the molecule is CC(=O)N1CCCC(c2ccnc(Nc3ncccn3)c2)C1. The number of rotatable bonds is 3. The molecule has 0 aromatic carbocycles. The van der Waals surface area contributed by atoms with Gasteiger partial charge in [-0.1, -0.05) is 0 Å². The fourth-order valence-electron chi connectivity index (χ4n) is 2.78. The Bertz CT molecular complexity index is 646. The van der Waals surface area contributed by atoms with Gasteiger partial charge in [0.15, 0.2) is 0 Å². The van der Waals surface area contributed by atoms with Gasteiger partial charge in [0.1, 0.15) is 5.82 Å². The van der Waals surface area contributed by atoms with Gasteiger partial charge < -0.3 is 10.2 Å². The van der Waals surface area contributed by atoms with Gasteiger partial charge in [-0.25, -0.2) is 15.0 Å². The van der Waals surface area contributed by atoms with Crippen LogP contribution in [0, 0.1) is 0 Å². The first kappa shape index (κ1) is 14.4. The summed E-state index contributed by atoms with van der Waals surface area (Å²) in [6.45, 7) is 3.27. The number of carbonyl (C=O) groups is 1. The largest absolute Gasteiger partial charge is 0.342 e. The summed E-state index contributed by atoms with van der Waals surface area (Å²) >= 11 is 0. The Morgan fingerprint density at radius 3 is 2.86 bits per heavy atom. The van der Waals surface area contributed by atoms with E-state index in [1.807, 2.05) is 17.0 Å². The Morgan fingerprint density at radius 2 is 2.09 bits per heavy atom. The number of nitrogens with zero attached hydrogens (tertiary/aromatic N) is 4. The van der Waals surface area contributed by atoms with Crippen LogP contribution in [0.1, 0.15) is 31.2 Å². The Hall–Kier alpha value is -2.50. The molecule has 6 heteroatoms. The lowest BCUT2D eigenvalue weighted by Crippen LogP contribution is -2.37. The highest BCUT2D eigenvalue weighted by Crippen LogP contribution is 2.28. The van der Waals surface area contributed by atoms with Gasteiger partial charge in [-0.3, -0.25) is 4.79 Å². The van der Waals surface area contributed by atoms with Crippen LogP contribution in [-0.2, 0) is 4.79 Å². The van der Waals surface area contributed by atoms with E-state index >= 15 is 0 Å². The predicted molar refractivity (Wildman–Crippen MR) is 83.8 cm³/mol. The molecule has 1 aliphatic heterocycles. The molecular formula is C16H19N5O. The van der Waals surface area contributed by atoms with Gasteiger partial charge in [0, 0.05) is 44.5 Å². The van der Waals surface area contributed by atoms with Crippen molar-refractivity contribution < 1.29 is 4.79 Å². The number of hydrogen-bond acceptors (Lipinski definition) is 5. The second-order valence-corrected chi connectivity index (χ2v) is 5.48. The monoisotopic (exact) mass is 297 g/mol. The molecule has 1 amide bonds. The van der Waals surface area contributed by atoms with Crippen molar-refractivity contribution >= 4 is 17.7 Å². The molecule has 22 heavy (non-hydrogen) atoms. The summed E-state index contributed by atoms with van der Waals surface area (Å²) in [7, 11) is 0. The highest BCUT2D eigenvalue weighted by atomic mass is 16.2. The smallest absolute Gasteiger partial charge is 0.228 e. The maximum absolute atomic E-state index is 11.6. The molecule has 1 N–H and O–H groups in total. The maximum atomic E-state index is 11.6. The van der Waals surface area contributed by atoms with Crippen LogP contribution in [0.5, 0.6) is 0 Å². The molecule has 1 aliphatic rings. The van der Waals surface area contributed by atoms with E-state index in [0.717, 1.165) is 31.7 Å². The number of pyridine rings is 1. The third kappa shape index (κ3) is 3.39. The molecule has 0 radical (unpaired) electrons. The summed E-state index contributed by atoms with van der Waals surface area (Å²) in [6, 6.07) is 5.81. The van der Waals surface area contributed by atoms with Crippen LogP contribution >= 0.6 is 0 Å². The summed E-state index contributed by atoms with van der Waals surface area (Å²) in [5, 5.41) is 3.10. The van der Waals surface area contributed by atoms with Gasteiger partial charge >= 0.3 is 0 Å². The van der Waals surface area contributed by atoms with Gasteiger partial charge in [-0.05, 0) is 36.6 Å². The standard InChI is InChI=1S/C16H19N5O/c1-12(22)21-9-2-4-14(11-21)13-5-8-17-15(10-13)20-16-18-6-3-7-19-16/h3,5-8,10,14H,2,4,9,11H2,1H3,(H,17,18,19,20). The summed E-state index contributed by atoms with van der Waals surface area (Å²) < 4.78 is 0. The molecule has 3 heterocycles. The van der Waals surface area contributed by atoms with Crippen LogP contribution < -0.4 is 5.32 Å². The molecule has 3 rings (SSSR count). The Morgan fingerprint density at radius 1 is 1.27 bits per heavy atom. The number of anilines is 2. The second-order valence-electron chi connectivity index (χ2n) is 5.48. The normalized spacial score (nSPS) is 18.0. The summed E-state index contributed by atoms with van der Waals surface area (Å²) in [5.41, 5.74) is 1.19. The van der Waals surface area contributed by atoms with Gasteiger partial charge in [-0.15, -0.1) is 0 Å². The van der Waals surface area contributed by atoms with E-state index in [0.29, 0.717) is 11.9 Å². The number of aromatic nitrogens is 3. The quantitative estimate of drug-likeness (QED) is 0.941. The third-order valence-corrected chi connectivity index (χ3v) is 3.93. The van der Waals surface area contributed by atoms with Crippen LogP contribution in [0.25, 0.3) is 0 Å². The molecule has 6 nitrogen and oxygen atoms in total. The van der Waals surface area contributed by atoms with Crippen LogP contribution in [0.15, 0.2) is 36.8 Å². The van der Waals surface area contributed by atoms with Crippen molar-refractivity contribution in [3.8, 4) is 0 Å². The Labute approximate surface area is 129 Å². The van der Waals surface area contributed by atoms with Crippen molar-refractivity contribution in [2.45, 2.75) is 25.7 Å². The number of nitrogens with one attached hydrogen (secondary N) is 1. The molecule has 0 spiro atoms. The third-order valence-electron chi connectivity index (χ3n) is 3.93. The summed E-state index contributed by atoms with van der Waals surface area (Å²) in [5.74, 6) is 1.76. The summed E-state index contributed by atoms with van der Waals surface area (Å²) in [4.78, 5) is 26.1. The van der Waals surface area contributed by atoms with Crippen molar-refractivity contribution in [1.29, 1.82) is 0 Å². The zero-order valence-corrected chi connectivity index (χ0v) is 12.6. The molecular weight excluding hydrogens is 278 g/mol. The van der Waals surface area contributed by atoms with Crippen LogP contribution in [0.4, 0.5) is 11.8 Å². The molecule has 1 fully saturated rings. The lowest BCUT2D eigenvalue weighted by Gasteiger charge is -2.32. The van der Waals surface area contributed by atoms with E-state index < -0.39 is 0 Å². The zero-order valence-electron chi connectivity index (χ0n) is 12.6. The van der Waals surface area contributed by atoms with E-state index in [1.165, 1.54) is 5.56 Å². The lowest BCUT2D eigenvalue weighted by atomic mass is 9.91. The van der Waals surface area contributed by atoms with Crippen molar-refractivity contribution in [3.05, 3.63) is 42.4 Å². The van der Waals surface area contributed by atoms with E-state index in [4.69, 9.17) is 0 Å². The van der Waals surface area contributed by atoms with Crippen molar-refractivity contribution in [3.63, 3.8) is 0 Å². The van der Waals surface area contributed by atoms with Gasteiger partial charge in [0.05, 0.1) is 0 Å². The van der Waals surface area contributed by atoms with E-state index in [9.17, 15) is 4.79 Å². The minimum Gasteiger partial charge on any atom is -0.342 e. The van der Waals surface area contributed by atoms with E-state index in [1.54, 1.807) is 31.6 Å². The number of hydrogen-bond donors (Lipinski definition) is 1. The second kappa shape index (κ2) is 6.51. The van der Waals surface area contributed by atoms with E-state index in [2.05, 4.69) is 20.3 Å². The average molecular weight is 297 g/mol. The minimum absolute atomic E-state index is 0.148. The number of amides is 1. The first-order valence-corrected chi connectivity index (χ1v) is 7.48. The first-order valence-electron chi connectivity index (χ1n) is 7.48. The molecule has 1 unspecified atom stereocenters. The molecule has 2 aromatic rings. The van der Waals surface area contributed by atoms with Crippen LogP contribution in [-0.4, -0.2) is 38.8 Å². The molecule has 114 valence electrons. The lowest BCUT2D eigenvalue weighted by molar-refractivity contribution is -0.130. The number of likely N-dealkylation sites (tertiary alicyclic amines) is 1. The van der Waals surface area contributed by atoms with Gasteiger partial charge in [0.25, 0.3) is 0 Å². The van der Waals surface area contributed by atoms with Crippen LogP contribution in [0.2, 0.25) is 0 Å². The predicted octanol–water partition coefficient (Wildman–Crippen LogP) is 2.34. The average Bonchev–Trinajstić information content (AvgIpc) is 2.56.